The number of carbonyl (C=O) groups excluding carboxylic acids is 1. The molecule has 2 fully saturated rings. The van der Waals surface area contributed by atoms with Crippen molar-refractivity contribution >= 4 is 23.2 Å². The molecule has 5 rings (SSSR count). The highest BCUT2D eigenvalue weighted by molar-refractivity contribution is 7.09. The average molecular weight is 623 g/mol. The second-order valence-electron chi connectivity index (χ2n) is 10.7. The molecule has 1 saturated carbocycles. The zero-order valence-corrected chi connectivity index (χ0v) is 24.1. The number of aromatic nitrogens is 1. The van der Waals surface area contributed by atoms with Crippen LogP contribution in [0.2, 0.25) is 0 Å². The summed E-state index contributed by atoms with van der Waals surface area (Å²) in [5.41, 5.74) is 5.47. The highest BCUT2D eigenvalue weighted by Gasteiger charge is 2.39. The minimum atomic E-state index is -5.08. The van der Waals surface area contributed by atoms with Gasteiger partial charge in [-0.05, 0) is 86.6 Å². The summed E-state index contributed by atoms with van der Waals surface area (Å²) in [5, 5.41) is 22.3. The molecule has 2 aliphatic rings. The van der Waals surface area contributed by atoms with E-state index in [1.807, 2.05) is 12.1 Å². The number of thiazole rings is 1. The first-order chi connectivity index (χ1) is 20.5. The molecular weight excluding hydrogens is 588 g/mol. The Hall–Kier alpha value is -3.39. The van der Waals surface area contributed by atoms with Crippen LogP contribution in [0.3, 0.4) is 0 Å². The van der Waals surface area contributed by atoms with E-state index >= 15 is 0 Å². The predicted octanol–water partition coefficient (Wildman–Crippen LogP) is 5.49. The van der Waals surface area contributed by atoms with E-state index < -0.39 is 18.1 Å². The quantitative estimate of drug-likeness (QED) is 0.134. The monoisotopic (exact) mass is 622 g/mol. The number of carbonyl (C=O) groups is 2. The summed E-state index contributed by atoms with van der Waals surface area (Å²) in [7, 11) is 0. The maximum atomic E-state index is 13.2. The molecule has 2 heterocycles. The summed E-state index contributed by atoms with van der Waals surface area (Å²) in [6.45, 7) is 4.43. The van der Waals surface area contributed by atoms with Crippen LogP contribution in [0.1, 0.15) is 52.7 Å². The summed E-state index contributed by atoms with van der Waals surface area (Å²) in [6, 6.07) is 16.0. The molecule has 0 radical (unpaired) electrons. The van der Waals surface area contributed by atoms with Crippen molar-refractivity contribution in [3.63, 3.8) is 0 Å². The van der Waals surface area contributed by atoms with E-state index in [-0.39, 0.29) is 11.5 Å². The van der Waals surface area contributed by atoms with Crippen molar-refractivity contribution in [2.24, 2.45) is 5.92 Å². The van der Waals surface area contributed by atoms with Crippen molar-refractivity contribution in [3.05, 3.63) is 76.0 Å². The number of nitrogens with zero attached hydrogens (tertiary/aromatic N) is 2. The van der Waals surface area contributed by atoms with Crippen LogP contribution in [0.4, 0.5) is 17.6 Å². The molecule has 13 heteroatoms. The molecule has 1 saturated heterocycles. The van der Waals surface area contributed by atoms with Gasteiger partial charge in [0.25, 0.3) is 5.91 Å². The molecule has 0 spiro atoms. The van der Waals surface area contributed by atoms with Crippen molar-refractivity contribution in [2.45, 2.75) is 50.2 Å². The number of piperidine rings is 1. The molecule has 232 valence electrons. The number of hydrogen-bond donors (Lipinski definition) is 4. The number of aliphatic carboxylic acids is 1. The van der Waals surface area contributed by atoms with Crippen molar-refractivity contribution in [2.75, 3.05) is 26.2 Å². The second-order valence-corrected chi connectivity index (χ2v) is 11.7. The summed E-state index contributed by atoms with van der Waals surface area (Å²) in [5.74, 6) is -2.17. The minimum Gasteiger partial charge on any atom is -0.475 e. The summed E-state index contributed by atoms with van der Waals surface area (Å²) in [6.07, 6.45) is 0.468. The van der Waals surface area contributed by atoms with Crippen LogP contribution in [-0.2, 0) is 11.2 Å². The van der Waals surface area contributed by atoms with Crippen molar-refractivity contribution in [1.29, 1.82) is 0 Å². The third kappa shape index (κ3) is 9.82. The van der Waals surface area contributed by atoms with Gasteiger partial charge in [0, 0.05) is 23.8 Å². The first-order valence-corrected chi connectivity index (χ1v) is 14.9. The van der Waals surface area contributed by atoms with Gasteiger partial charge in [-0.2, -0.15) is 13.2 Å². The number of aryl methyl sites for hydroxylation is 1. The van der Waals surface area contributed by atoms with E-state index in [9.17, 15) is 22.4 Å². The Morgan fingerprint density at radius 3 is 2.21 bits per heavy atom. The second kappa shape index (κ2) is 14.9. The van der Waals surface area contributed by atoms with Crippen LogP contribution in [0.25, 0.3) is 11.1 Å². The Morgan fingerprint density at radius 1 is 1.02 bits per heavy atom. The number of hydroxylamine groups is 1. The Morgan fingerprint density at radius 2 is 1.63 bits per heavy atom. The molecule has 1 aromatic heterocycles. The lowest BCUT2D eigenvalue weighted by Crippen LogP contribution is -2.38. The lowest BCUT2D eigenvalue weighted by molar-refractivity contribution is -0.192. The van der Waals surface area contributed by atoms with Crippen LogP contribution in [-0.4, -0.2) is 70.5 Å². The lowest BCUT2D eigenvalue weighted by atomic mass is 9.96. The van der Waals surface area contributed by atoms with Crippen LogP contribution < -0.4 is 10.8 Å². The highest BCUT2D eigenvalue weighted by atomic mass is 32.1. The fourth-order valence-corrected chi connectivity index (χ4v) is 5.95. The van der Waals surface area contributed by atoms with Crippen LogP contribution in [0.5, 0.6) is 0 Å². The molecule has 1 amide bonds. The van der Waals surface area contributed by atoms with Crippen molar-refractivity contribution < 1.29 is 37.5 Å². The maximum Gasteiger partial charge on any atom is 0.490 e. The third-order valence-corrected chi connectivity index (χ3v) is 8.58. The van der Waals surface area contributed by atoms with Gasteiger partial charge in [-0.1, -0.05) is 36.4 Å². The smallest absolute Gasteiger partial charge is 0.475 e. The number of amides is 1. The molecule has 2 aromatic carbocycles. The van der Waals surface area contributed by atoms with E-state index in [1.54, 1.807) is 10.9 Å². The average Bonchev–Trinajstić information content (AvgIpc) is 3.63. The van der Waals surface area contributed by atoms with Gasteiger partial charge in [-0.25, -0.2) is 19.6 Å². The number of hydrogen-bond acceptors (Lipinski definition) is 7. The Bertz CT molecular complexity index is 1340. The fourth-order valence-electron chi connectivity index (χ4n) is 5.13. The highest BCUT2D eigenvalue weighted by Crippen LogP contribution is 2.41. The maximum absolute atomic E-state index is 13.2. The molecule has 1 aliphatic carbocycles. The minimum absolute atomic E-state index is 0.202. The predicted molar refractivity (Wildman–Crippen MR) is 154 cm³/mol. The lowest BCUT2D eigenvalue weighted by Gasteiger charge is -2.32. The van der Waals surface area contributed by atoms with Gasteiger partial charge >= 0.3 is 12.1 Å². The number of alkyl halides is 3. The van der Waals surface area contributed by atoms with E-state index in [4.69, 9.17) is 15.1 Å². The molecule has 3 aromatic rings. The molecular formula is C30H34F4N4O4S. The van der Waals surface area contributed by atoms with Crippen LogP contribution in [0.15, 0.2) is 53.9 Å². The van der Waals surface area contributed by atoms with Crippen LogP contribution in [0, 0.1) is 11.7 Å². The number of halogens is 4. The van der Waals surface area contributed by atoms with E-state index in [1.165, 1.54) is 48.3 Å². The molecule has 43 heavy (non-hydrogen) atoms. The number of carboxylic acids is 1. The molecule has 4 N–H and O–H groups in total. The number of likely N-dealkylation sites (tertiary alicyclic amines) is 1. The van der Waals surface area contributed by atoms with E-state index in [0.29, 0.717) is 12.0 Å². The molecule has 8 nitrogen and oxygen atoms in total. The molecule has 2 atom stereocenters. The molecule has 1 aliphatic heterocycles. The zero-order valence-electron chi connectivity index (χ0n) is 23.3. The van der Waals surface area contributed by atoms with E-state index in [0.717, 1.165) is 61.1 Å². The summed E-state index contributed by atoms with van der Waals surface area (Å²) < 4.78 is 44.9. The first kappa shape index (κ1) is 32.5. The largest absolute Gasteiger partial charge is 0.490 e. The molecule has 2 unspecified atom stereocenters. The Balaban J connectivity index is 0.000000541. The van der Waals surface area contributed by atoms with E-state index in [2.05, 4.69) is 39.5 Å². The third-order valence-electron chi connectivity index (χ3n) is 7.68. The normalized spacial score (nSPS) is 18.9. The number of nitrogens with one attached hydrogen (secondary N) is 2. The van der Waals surface area contributed by atoms with Crippen LogP contribution >= 0.6 is 11.3 Å². The van der Waals surface area contributed by atoms with Gasteiger partial charge in [-0.3, -0.25) is 10.0 Å². The Labute approximate surface area is 250 Å². The van der Waals surface area contributed by atoms with Gasteiger partial charge < -0.3 is 15.3 Å². The summed E-state index contributed by atoms with van der Waals surface area (Å²) >= 11 is 1.47. The van der Waals surface area contributed by atoms with Crippen molar-refractivity contribution in [1.82, 2.24) is 20.7 Å². The van der Waals surface area contributed by atoms with Gasteiger partial charge in [0.2, 0.25) is 0 Å². The topological polar surface area (TPSA) is 115 Å². The number of benzene rings is 2. The zero-order chi connectivity index (χ0) is 31.0. The van der Waals surface area contributed by atoms with Gasteiger partial charge in [0.1, 0.15) is 11.5 Å². The standard InChI is InChI=1S/C28H33FN4O2S.C2HF3O2/c29-23-9-7-21(8-10-23)20-3-5-22(6-4-20)24-16-25(24)30-17-19-11-14-33(15-12-19)13-1-2-27-31-26(18-36-27)28(34)32-35;3-2(4,5)1(6)7/h3-10,18-19,24-25,30,35H,1-2,11-17H2,(H,32,34);(H,6,7). The fraction of sp³-hybridized carbons (Fsp3) is 0.433. The summed E-state index contributed by atoms with van der Waals surface area (Å²) in [4.78, 5) is 27.1. The molecule has 0 bridgehead atoms. The number of carboxylic acid groups (broad SMARTS) is 1. The first-order valence-electron chi connectivity index (χ1n) is 14.0. The SMILES string of the molecule is O=C(NO)c1csc(CCCN2CCC(CNC3CC3c3ccc(-c4ccc(F)cc4)cc3)CC2)n1.O=C(O)C(F)(F)F. The Kier molecular flexibility index (Phi) is 11.2. The number of rotatable bonds is 10. The van der Waals surface area contributed by atoms with Gasteiger partial charge in [0.05, 0.1) is 5.01 Å². The van der Waals surface area contributed by atoms with Gasteiger partial charge in [0.15, 0.2) is 0 Å². The van der Waals surface area contributed by atoms with Crippen molar-refractivity contribution in [3.8, 4) is 11.1 Å². The van der Waals surface area contributed by atoms with Gasteiger partial charge in [-0.15, -0.1) is 11.3 Å².